The van der Waals surface area contributed by atoms with Crippen LogP contribution < -0.4 is 20.1 Å². The summed E-state index contributed by atoms with van der Waals surface area (Å²) in [6, 6.07) is 18.4. The number of ether oxygens (including phenoxy) is 2. The average molecular weight is 453 g/mol. The Bertz CT molecular complexity index is 1020. The standard InChI is InChI=1S/C25H28N2O4S/c1-17(2)23(27-24(28)22-10-7-13-32-22)25(29)26-15-19-11-12-20(21(14-19)30-3)31-16-18-8-5-4-6-9-18/h4-14,17,23H,15-16H2,1-3H3,(H,26,29)(H,27,28)/t23-/m0/s1. The molecule has 0 radical (unpaired) electrons. The van der Waals surface area contributed by atoms with Crippen LogP contribution in [0.5, 0.6) is 11.5 Å². The first kappa shape index (κ1) is 23.3. The fourth-order valence-electron chi connectivity index (χ4n) is 3.13. The van der Waals surface area contributed by atoms with Gasteiger partial charge < -0.3 is 20.1 Å². The lowest BCUT2D eigenvalue weighted by Crippen LogP contribution is -2.49. The molecule has 0 unspecified atom stereocenters. The third-order valence-corrected chi connectivity index (χ3v) is 5.78. The lowest BCUT2D eigenvalue weighted by molar-refractivity contribution is -0.124. The number of carbonyl (C=O) groups excluding carboxylic acids is 2. The van der Waals surface area contributed by atoms with E-state index in [0.29, 0.717) is 29.5 Å². The highest BCUT2D eigenvalue weighted by Gasteiger charge is 2.24. The Kier molecular flexibility index (Phi) is 8.27. The van der Waals surface area contributed by atoms with E-state index < -0.39 is 6.04 Å². The highest BCUT2D eigenvalue weighted by atomic mass is 32.1. The van der Waals surface area contributed by atoms with Crippen molar-refractivity contribution < 1.29 is 19.1 Å². The Labute approximate surface area is 192 Å². The van der Waals surface area contributed by atoms with E-state index in [9.17, 15) is 9.59 Å². The summed E-state index contributed by atoms with van der Waals surface area (Å²) in [4.78, 5) is 25.7. The number of hydrogen-bond donors (Lipinski definition) is 2. The molecule has 1 aromatic heterocycles. The lowest BCUT2D eigenvalue weighted by atomic mass is 10.0. The maximum absolute atomic E-state index is 12.8. The maximum atomic E-state index is 12.8. The average Bonchev–Trinajstić information content (AvgIpc) is 3.35. The summed E-state index contributed by atoms with van der Waals surface area (Å²) in [7, 11) is 1.59. The van der Waals surface area contributed by atoms with Crippen LogP contribution in [-0.2, 0) is 17.9 Å². The van der Waals surface area contributed by atoms with Gasteiger partial charge in [0.1, 0.15) is 12.6 Å². The molecule has 0 aliphatic carbocycles. The molecule has 0 aliphatic rings. The molecule has 0 fully saturated rings. The van der Waals surface area contributed by atoms with Gasteiger partial charge in [0.05, 0.1) is 12.0 Å². The van der Waals surface area contributed by atoms with Crippen molar-refractivity contribution in [2.24, 2.45) is 5.92 Å². The minimum absolute atomic E-state index is 0.0535. The Morgan fingerprint density at radius 1 is 0.969 bits per heavy atom. The largest absolute Gasteiger partial charge is 0.493 e. The molecule has 0 saturated carbocycles. The summed E-state index contributed by atoms with van der Waals surface area (Å²) < 4.78 is 11.4. The van der Waals surface area contributed by atoms with Crippen LogP contribution in [0.3, 0.4) is 0 Å². The van der Waals surface area contributed by atoms with Gasteiger partial charge in [0.2, 0.25) is 5.91 Å². The fourth-order valence-corrected chi connectivity index (χ4v) is 3.76. The topological polar surface area (TPSA) is 76.7 Å². The molecule has 0 spiro atoms. The molecule has 6 nitrogen and oxygen atoms in total. The molecule has 2 amide bonds. The summed E-state index contributed by atoms with van der Waals surface area (Å²) in [6.45, 7) is 4.56. The molecule has 3 aromatic rings. The van der Waals surface area contributed by atoms with Crippen LogP contribution in [0.25, 0.3) is 0 Å². The minimum atomic E-state index is -0.625. The van der Waals surface area contributed by atoms with E-state index in [4.69, 9.17) is 9.47 Å². The zero-order chi connectivity index (χ0) is 22.9. The smallest absolute Gasteiger partial charge is 0.262 e. The second-order valence-corrected chi connectivity index (χ2v) is 8.60. The zero-order valence-electron chi connectivity index (χ0n) is 18.5. The van der Waals surface area contributed by atoms with Crippen molar-refractivity contribution in [1.82, 2.24) is 10.6 Å². The molecule has 1 atom stereocenters. The third kappa shape index (κ3) is 6.34. The highest BCUT2D eigenvalue weighted by Crippen LogP contribution is 2.29. The van der Waals surface area contributed by atoms with Gasteiger partial charge in [-0.25, -0.2) is 0 Å². The third-order valence-electron chi connectivity index (χ3n) is 4.91. The predicted molar refractivity (Wildman–Crippen MR) is 126 cm³/mol. The predicted octanol–water partition coefficient (Wildman–Crippen LogP) is 4.41. The van der Waals surface area contributed by atoms with Crippen LogP contribution in [-0.4, -0.2) is 25.0 Å². The van der Waals surface area contributed by atoms with E-state index in [-0.39, 0.29) is 17.7 Å². The second kappa shape index (κ2) is 11.3. The van der Waals surface area contributed by atoms with Gasteiger partial charge in [-0.2, -0.15) is 0 Å². The quantitative estimate of drug-likeness (QED) is 0.478. The summed E-state index contributed by atoms with van der Waals surface area (Å²) in [5.41, 5.74) is 1.93. The second-order valence-electron chi connectivity index (χ2n) is 7.65. The van der Waals surface area contributed by atoms with Gasteiger partial charge >= 0.3 is 0 Å². The van der Waals surface area contributed by atoms with Gasteiger partial charge in [-0.15, -0.1) is 11.3 Å². The molecule has 7 heteroatoms. The number of carbonyl (C=O) groups is 2. The van der Waals surface area contributed by atoms with Crippen LogP contribution >= 0.6 is 11.3 Å². The van der Waals surface area contributed by atoms with Gasteiger partial charge in [-0.1, -0.05) is 56.3 Å². The summed E-state index contributed by atoms with van der Waals surface area (Å²) >= 11 is 1.35. The van der Waals surface area contributed by atoms with Crippen molar-refractivity contribution in [2.75, 3.05) is 7.11 Å². The molecule has 2 N–H and O–H groups in total. The van der Waals surface area contributed by atoms with Crippen molar-refractivity contribution in [1.29, 1.82) is 0 Å². The molecular weight excluding hydrogens is 424 g/mol. The van der Waals surface area contributed by atoms with Gasteiger partial charge in [-0.05, 0) is 40.6 Å². The summed E-state index contributed by atoms with van der Waals surface area (Å²) in [6.07, 6.45) is 0. The maximum Gasteiger partial charge on any atom is 0.262 e. The number of hydrogen-bond acceptors (Lipinski definition) is 5. The summed E-state index contributed by atoms with van der Waals surface area (Å²) in [5, 5.41) is 7.58. The number of rotatable bonds is 10. The molecule has 0 saturated heterocycles. The molecule has 2 aromatic carbocycles. The minimum Gasteiger partial charge on any atom is -0.493 e. The first-order valence-electron chi connectivity index (χ1n) is 10.4. The first-order chi connectivity index (χ1) is 15.5. The molecule has 32 heavy (non-hydrogen) atoms. The van der Waals surface area contributed by atoms with E-state index in [0.717, 1.165) is 11.1 Å². The Balaban J connectivity index is 1.59. The normalized spacial score (nSPS) is 11.6. The van der Waals surface area contributed by atoms with Gasteiger partial charge in [-0.3, -0.25) is 9.59 Å². The van der Waals surface area contributed by atoms with E-state index in [1.165, 1.54) is 11.3 Å². The van der Waals surface area contributed by atoms with Gasteiger partial charge in [0, 0.05) is 6.54 Å². The summed E-state index contributed by atoms with van der Waals surface area (Å²) in [5.74, 6) is 0.708. The monoisotopic (exact) mass is 452 g/mol. The van der Waals surface area contributed by atoms with Crippen molar-refractivity contribution in [3.63, 3.8) is 0 Å². The molecule has 0 bridgehead atoms. The number of nitrogens with one attached hydrogen (secondary N) is 2. The van der Waals surface area contributed by atoms with E-state index >= 15 is 0 Å². The van der Waals surface area contributed by atoms with Crippen molar-refractivity contribution in [2.45, 2.75) is 33.0 Å². The van der Waals surface area contributed by atoms with E-state index in [1.54, 1.807) is 13.2 Å². The van der Waals surface area contributed by atoms with Crippen LogP contribution in [0.4, 0.5) is 0 Å². The van der Waals surface area contributed by atoms with E-state index in [2.05, 4.69) is 10.6 Å². The van der Waals surface area contributed by atoms with Crippen LogP contribution in [0.15, 0.2) is 66.0 Å². The Hall–Kier alpha value is -3.32. The van der Waals surface area contributed by atoms with Crippen LogP contribution in [0, 0.1) is 5.92 Å². The van der Waals surface area contributed by atoms with Crippen molar-refractivity contribution in [3.05, 3.63) is 82.0 Å². The van der Waals surface area contributed by atoms with Gasteiger partial charge in [0.25, 0.3) is 5.91 Å². The molecule has 0 aliphatic heterocycles. The number of thiophene rings is 1. The lowest BCUT2D eigenvalue weighted by Gasteiger charge is -2.21. The molecular formula is C25H28N2O4S. The van der Waals surface area contributed by atoms with Crippen LogP contribution in [0.2, 0.25) is 0 Å². The highest BCUT2D eigenvalue weighted by molar-refractivity contribution is 7.12. The van der Waals surface area contributed by atoms with Gasteiger partial charge in [0.15, 0.2) is 11.5 Å². The molecule has 1 heterocycles. The first-order valence-corrected chi connectivity index (χ1v) is 11.3. The van der Waals surface area contributed by atoms with Crippen molar-refractivity contribution >= 4 is 23.2 Å². The fraction of sp³-hybridized carbons (Fsp3) is 0.280. The van der Waals surface area contributed by atoms with Crippen molar-refractivity contribution in [3.8, 4) is 11.5 Å². The zero-order valence-corrected chi connectivity index (χ0v) is 19.3. The van der Waals surface area contributed by atoms with E-state index in [1.807, 2.05) is 73.8 Å². The number of benzene rings is 2. The molecule has 168 valence electrons. The van der Waals surface area contributed by atoms with Crippen LogP contribution in [0.1, 0.15) is 34.6 Å². The Morgan fingerprint density at radius 2 is 1.75 bits per heavy atom. The number of amides is 2. The Morgan fingerprint density at radius 3 is 2.41 bits per heavy atom. The SMILES string of the molecule is COc1cc(CNC(=O)[C@@H](NC(=O)c2cccs2)C(C)C)ccc1OCc1ccccc1. The molecule has 3 rings (SSSR count). The number of methoxy groups -OCH3 is 1.